The summed E-state index contributed by atoms with van der Waals surface area (Å²) >= 11 is 1.87. The zero-order valence-corrected chi connectivity index (χ0v) is 12.4. The predicted octanol–water partition coefficient (Wildman–Crippen LogP) is 4.26. The molecule has 0 amide bonds. The molecule has 0 radical (unpaired) electrons. The Kier molecular flexibility index (Phi) is 4.72. The van der Waals surface area contributed by atoms with Crippen molar-refractivity contribution in [2.24, 2.45) is 5.92 Å². The average molecular weight is 287 g/mol. The van der Waals surface area contributed by atoms with Gasteiger partial charge >= 0.3 is 0 Å². The number of rotatable bonds is 8. The van der Waals surface area contributed by atoms with E-state index < -0.39 is 0 Å². The van der Waals surface area contributed by atoms with Crippen LogP contribution in [0.4, 0.5) is 0 Å². The molecule has 1 aliphatic carbocycles. The zero-order valence-electron chi connectivity index (χ0n) is 11.6. The summed E-state index contributed by atoms with van der Waals surface area (Å²) < 4.78 is 5.72. The number of benzene rings is 1. The monoisotopic (exact) mass is 287 g/mol. The third-order valence-electron chi connectivity index (χ3n) is 3.64. The molecule has 3 heteroatoms. The lowest BCUT2D eigenvalue weighted by Crippen LogP contribution is -2.24. The van der Waals surface area contributed by atoms with Crippen LogP contribution in [-0.2, 0) is 0 Å². The minimum absolute atomic E-state index is 0.562. The molecule has 1 aromatic heterocycles. The highest BCUT2D eigenvalue weighted by atomic mass is 32.1. The van der Waals surface area contributed by atoms with Gasteiger partial charge in [-0.2, -0.15) is 0 Å². The van der Waals surface area contributed by atoms with Crippen LogP contribution in [0.3, 0.4) is 0 Å². The number of ether oxygens (including phenoxy) is 1. The molecule has 2 nitrogen and oxygen atoms in total. The van der Waals surface area contributed by atoms with E-state index in [-0.39, 0.29) is 0 Å². The molecule has 106 valence electrons. The van der Waals surface area contributed by atoms with Gasteiger partial charge in [0.2, 0.25) is 0 Å². The van der Waals surface area contributed by atoms with Crippen molar-refractivity contribution in [2.45, 2.75) is 25.3 Å². The maximum atomic E-state index is 5.72. The second kappa shape index (κ2) is 6.91. The van der Waals surface area contributed by atoms with Crippen molar-refractivity contribution in [2.75, 3.05) is 13.2 Å². The van der Waals surface area contributed by atoms with Crippen molar-refractivity contribution in [3.05, 3.63) is 52.7 Å². The van der Waals surface area contributed by atoms with Crippen molar-refractivity contribution < 1.29 is 4.74 Å². The average Bonchev–Trinajstić information content (AvgIpc) is 3.18. The first-order chi connectivity index (χ1) is 9.93. The second-order valence-corrected chi connectivity index (χ2v) is 6.28. The molecule has 0 saturated heterocycles. The van der Waals surface area contributed by atoms with Crippen molar-refractivity contribution in [1.82, 2.24) is 5.32 Å². The molecule has 1 aliphatic rings. The lowest BCUT2D eigenvalue weighted by molar-refractivity contribution is 0.303. The Morgan fingerprint density at radius 1 is 1.15 bits per heavy atom. The summed E-state index contributed by atoms with van der Waals surface area (Å²) in [6.45, 7) is 1.80. The molecule has 2 aromatic rings. The molecule has 1 heterocycles. The van der Waals surface area contributed by atoms with Gasteiger partial charge in [0.1, 0.15) is 5.75 Å². The summed E-state index contributed by atoms with van der Waals surface area (Å²) in [6.07, 6.45) is 3.79. The van der Waals surface area contributed by atoms with Gasteiger partial charge in [-0.1, -0.05) is 24.3 Å². The smallest absolute Gasteiger partial charge is 0.119 e. The van der Waals surface area contributed by atoms with E-state index in [0.717, 1.165) is 31.2 Å². The lowest BCUT2D eigenvalue weighted by atomic mass is 10.1. The van der Waals surface area contributed by atoms with E-state index in [1.165, 1.54) is 17.7 Å². The highest BCUT2D eigenvalue weighted by molar-refractivity contribution is 7.10. The number of para-hydroxylation sites is 1. The van der Waals surface area contributed by atoms with E-state index in [0.29, 0.717) is 6.04 Å². The zero-order chi connectivity index (χ0) is 13.6. The lowest BCUT2D eigenvalue weighted by Gasteiger charge is -2.16. The van der Waals surface area contributed by atoms with Crippen LogP contribution in [-0.4, -0.2) is 13.2 Å². The Bertz CT molecular complexity index is 493. The molecule has 1 N–H and O–H groups in total. The highest BCUT2D eigenvalue weighted by Crippen LogP contribution is 2.42. The van der Waals surface area contributed by atoms with Crippen molar-refractivity contribution >= 4 is 11.3 Å². The van der Waals surface area contributed by atoms with Gasteiger partial charge in [0.15, 0.2) is 0 Å². The predicted molar refractivity (Wildman–Crippen MR) is 84.3 cm³/mol. The normalized spacial score (nSPS) is 16.0. The summed E-state index contributed by atoms with van der Waals surface area (Å²) in [5.41, 5.74) is 0. The Morgan fingerprint density at radius 2 is 2.00 bits per heavy atom. The van der Waals surface area contributed by atoms with Gasteiger partial charge in [-0.3, -0.25) is 0 Å². The van der Waals surface area contributed by atoms with E-state index in [1.807, 2.05) is 41.7 Å². The van der Waals surface area contributed by atoms with Gasteiger partial charge in [0.25, 0.3) is 0 Å². The Labute approximate surface area is 124 Å². The first-order valence-corrected chi connectivity index (χ1v) is 8.26. The van der Waals surface area contributed by atoms with Crippen molar-refractivity contribution in [3.63, 3.8) is 0 Å². The highest BCUT2D eigenvalue weighted by Gasteiger charge is 2.32. The van der Waals surface area contributed by atoms with Gasteiger partial charge in [-0.05, 0) is 55.3 Å². The van der Waals surface area contributed by atoms with Crippen LogP contribution in [0.5, 0.6) is 5.75 Å². The van der Waals surface area contributed by atoms with Crippen LogP contribution in [0.1, 0.15) is 30.2 Å². The van der Waals surface area contributed by atoms with Crippen LogP contribution in [0, 0.1) is 5.92 Å². The van der Waals surface area contributed by atoms with E-state index >= 15 is 0 Å². The van der Waals surface area contributed by atoms with Crippen molar-refractivity contribution in [3.8, 4) is 5.75 Å². The maximum Gasteiger partial charge on any atom is 0.119 e. The van der Waals surface area contributed by atoms with Gasteiger partial charge in [-0.25, -0.2) is 0 Å². The Balaban J connectivity index is 1.38. The molecule has 1 saturated carbocycles. The summed E-state index contributed by atoms with van der Waals surface area (Å²) in [6, 6.07) is 15.0. The number of thiophene rings is 1. The topological polar surface area (TPSA) is 21.3 Å². The molecule has 1 atom stereocenters. The Morgan fingerprint density at radius 3 is 2.70 bits per heavy atom. The molecule has 1 unspecified atom stereocenters. The van der Waals surface area contributed by atoms with Crippen molar-refractivity contribution in [1.29, 1.82) is 0 Å². The number of nitrogens with one attached hydrogen (secondary N) is 1. The maximum absolute atomic E-state index is 5.72. The van der Waals surface area contributed by atoms with Crippen LogP contribution in [0.15, 0.2) is 47.8 Å². The second-order valence-electron chi connectivity index (χ2n) is 5.30. The standard InChI is InChI=1S/C17H21NOS/c1-2-6-15(7-3-1)19-12-5-11-18-17(14-9-10-14)16-8-4-13-20-16/h1-4,6-8,13-14,17-18H,5,9-12H2. The minimum atomic E-state index is 0.562. The van der Waals surface area contributed by atoms with Crippen LogP contribution < -0.4 is 10.1 Å². The molecule has 0 bridgehead atoms. The van der Waals surface area contributed by atoms with Gasteiger partial charge in [0.05, 0.1) is 6.61 Å². The fourth-order valence-electron chi connectivity index (χ4n) is 2.43. The first-order valence-electron chi connectivity index (χ1n) is 7.38. The fourth-order valence-corrected chi connectivity index (χ4v) is 3.33. The fraction of sp³-hybridized carbons (Fsp3) is 0.412. The minimum Gasteiger partial charge on any atom is -0.494 e. The summed E-state index contributed by atoms with van der Waals surface area (Å²) in [5.74, 6) is 1.81. The first kappa shape index (κ1) is 13.7. The van der Waals surface area contributed by atoms with Gasteiger partial charge in [0, 0.05) is 10.9 Å². The summed E-state index contributed by atoms with van der Waals surface area (Å²) in [5, 5.41) is 5.87. The third-order valence-corrected chi connectivity index (χ3v) is 4.60. The van der Waals surface area contributed by atoms with E-state index in [4.69, 9.17) is 4.74 Å². The van der Waals surface area contributed by atoms with Gasteiger partial charge < -0.3 is 10.1 Å². The molecule has 0 aliphatic heterocycles. The molecule has 20 heavy (non-hydrogen) atoms. The largest absolute Gasteiger partial charge is 0.494 e. The summed E-state index contributed by atoms with van der Waals surface area (Å²) in [4.78, 5) is 1.48. The molecular formula is C17H21NOS. The van der Waals surface area contributed by atoms with Crippen LogP contribution in [0.2, 0.25) is 0 Å². The van der Waals surface area contributed by atoms with E-state index in [1.54, 1.807) is 0 Å². The quantitative estimate of drug-likeness (QED) is 0.733. The van der Waals surface area contributed by atoms with Crippen LogP contribution >= 0.6 is 11.3 Å². The molecular weight excluding hydrogens is 266 g/mol. The molecule has 1 aromatic carbocycles. The van der Waals surface area contributed by atoms with E-state index in [9.17, 15) is 0 Å². The molecule has 1 fully saturated rings. The third kappa shape index (κ3) is 3.84. The number of hydrogen-bond donors (Lipinski definition) is 1. The Hall–Kier alpha value is -1.32. The van der Waals surface area contributed by atoms with E-state index in [2.05, 4.69) is 22.8 Å². The molecule has 3 rings (SSSR count). The summed E-state index contributed by atoms with van der Waals surface area (Å²) in [7, 11) is 0. The van der Waals surface area contributed by atoms with Gasteiger partial charge in [-0.15, -0.1) is 11.3 Å². The molecule has 0 spiro atoms. The number of hydrogen-bond acceptors (Lipinski definition) is 3. The van der Waals surface area contributed by atoms with Crippen LogP contribution in [0.25, 0.3) is 0 Å². The SMILES string of the molecule is c1ccc(OCCCNC(c2cccs2)C2CC2)cc1.